The summed E-state index contributed by atoms with van der Waals surface area (Å²) in [5.74, 6) is -0.515. The number of hydrogen-bond acceptors (Lipinski definition) is 4. The minimum atomic E-state index is -0.279. The minimum Gasteiger partial charge on any atom is -0.505 e. The molecule has 0 aliphatic carbocycles. The molecule has 1 N–H and O–H groups in total. The molecule has 2 aromatic rings. The highest BCUT2D eigenvalue weighted by Gasteiger charge is 2.32. The summed E-state index contributed by atoms with van der Waals surface area (Å²) in [5.41, 5.74) is 1.30. The molecule has 0 bridgehead atoms. The first-order valence-corrected chi connectivity index (χ1v) is 9.40. The molecular formula is C17H10Cl3NO2S2. The van der Waals surface area contributed by atoms with Gasteiger partial charge in [0.1, 0.15) is 4.32 Å². The molecule has 1 heterocycles. The number of benzene rings is 2. The van der Waals surface area contributed by atoms with Crippen molar-refractivity contribution in [2.45, 2.75) is 6.54 Å². The molecule has 1 amide bonds. The fraction of sp³-hybridized carbons (Fsp3) is 0.0588. The Labute approximate surface area is 169 Å². The SMILES string of the molecule is O=C1/C(=C/c2c(Cl)cc(Cl)c(O)c2Cl)SC(=S)N1Cc1ccccc1. The van der Waals surface area contributed by atoms with Crippen LogP contribution in [-0.4, -0.2) is 20.2 Å². The van der Waals surface area contributed by atoms with Crippen molar-refractivity contribution in [3.05, 3.63) is 67.5 Å². The second-order valence-corrected chi connectivity index (χ2v) is 8.04. The first-order chi connectivity index (χ1) is 11.9. The second kappa shape index (κ2) is 7.56. The monoisotopic (exact) mass is 429 g/mol. The molecule has 1 fully saturated rings. The smallest absolute Gasteiger partial charge is 0.266 e. The highest BCUT2D eigenvalue weighted by atomic mass is 35.5. The van der Waals surface area contributed by atoms with E-state index in [4.69, 9.17) is 47.0 Å². The summed E-state index contributed by atoms with van der Waals surface area (Å²) in [7, 11) is 0. The average Bonchev–Trinajstić information content (AvgIpc) is 2.85. The maximum atomic E-state index is 12.7. The largest absolute Gasteiger partial charge is 0.505 e. The molecule has 0 saturated carbocycles. The Morgan fingerprint density at radius 2 is 1.84 bits per heavy atom. The number of amides is 1. The van der Waals surface area contributed by atoms with Gasteiger partial charge in [-0.25, -0.2) is 0 Å². The van der Waals surface area contributed by atoms with Gasteiger partial charge in [0.25, 0.3) is 5.91 Å². The molecule has 0 atom stereocenters. The van der Waals surface area contributed by atoms with Crippen molar-refractivity contribution < 1.29 is 9.90 Å². The first kappa shape index (κ1) is 18.5. The molecule has 2 aromatic carbocycles. The number of carbonyl (C=O) groups is 1. The third-order valence-corrected chi connectivity index (χ3v) is 5.88. The van der Waals surface area contributed by atoms with Crippen molar-refractivity contribution >= 4 is 75.1 Å². The summed E-state index contributed by atoms with van der Waals surface area (Å²) in [5, 5.41) is 10.1. The van der Waals surface area contributed by atoms with Crippen LogP contribution in [0, 0.1) is 0 Å². The van der Waals surface area contributed by atoms with E-state index >= 15 is 0 Å². The third-order valence-electron chi connectivity index (χ3n) is 3.51. The van der Waals surface area contributed by atoms with Crippen molar-refractivity contribution in [1.29, 1.82) is 0 Å². The maximum Gasteiger partial charge on any atom is 0.266 e. The lowest BCUT2D eigenvalue weighted by molar-refractivity contribution is -0.122. The number of aromatic hydroxyl groups is 1. The van der Waals surface area contributed by atoms with Crippen molar-refractivity contribution in [2.24, 2.45) is 0 Å². The second-order valence-electron chi connectivity index (χ2n) is 5.17. The van der Waals surface area contributed by atoms with E-state index in [1.165, 1.54) is 17.0 Å². The van der Waals surface area contributed by atoms with Crippen LogP contribution in [-0.2, 0) is 11.3 Å². The van der Waals surface area contributed by atoms with Gasteiger partial charge in [-0.1, -0.05) is 89.1 Å². The van der Waals surface area contributed by atoms with Crippen LogP contribution >= 0.6 is 58.8 Å². The number of thiocarbonyl (C=S) groups is 1. The molecule has 1 saturated heterocycles. The number of phenolic OH excluding ortho intramolecular Hbond substituents is 1. The molecule has 0 aromatic heterocycles. The fourth-order valence-electron chi connectivity index (χ4n) is 2.26. The summed E-state index contributed by atoms with van der Waals surface area (Å²) in [6.45, 7) is 0.385. The summed E-state index contributed by atoms with van der Waals surface area (Å²) in [6, 6.07) is 10.9. The van der Waals surface area contributed by atoms with Crippen LogP contribution in [0.3, 0.4) is 0 Å². The van der Waals surface area contributed by atoms with E-state index in [2.05, 4.69) is 0 Å². The topological polar surface area (TPSA) is 40.5 Å². The lowest BCUT2D eigenvalue weighted by Gasteiger charge is -2.14. The Balaban J connectivity index is 1.92. The molecule has 0 spiro atoms. The number of thioether (sulfide) groups is 1. The van der Waals surface area contributed by atoms with Crippen molar-refractivity contribution in [3.8, 4) is 5.75 Å². The lowest BCUT2D eigenvalue weighted by Crippen LogP contribution is -2.27. The van der Waals surface area contributed by atoms with E-state index in [0.29, 0.717) is 21.3 Å². The molecule has 25 heavy (non-hydrogen) atoms. The summed E-state index contributed by atoms with van der Waals surface area (Å²) in [6.07, 6.45) is 1.52. The quantitative estimate of drug-likeness (QED) is 0.497. The van der Waals surface area contributed by atoms with Gasteiger partial charge in [-0.3, -0.25) is 9.69 Å². The molecule has 0 unspecified atom stereocenters. The zero-order chi connectivity index (χ0) is 18.1. The number of halogens is 3. The predicted molar refractivity (Wildman–Crippen MR) is 108 cm³/mol. The molecule has 8 heteroatoms. The van der Waals surface area contributed by atoms with Crippen LogP contribution < -0.4 is 0 Å². The Bertz CT molecular complexity index is 901. The van der Waals surface area contributed by atoms with Crippen LogP contribution in [0.25, 0.3) is 6.08 Å². The zero-order valence-electron chi connectivity index (χ0n) is 12.5. The first-order valence-electron chi connectivity index (χ1n) is 7.04. The van der Waals surface area contributed by atoms with E-state index < -0.39 is 0 Å². The molecule has 3 rings (SSSR count). The summed E-state index contributed by atoms with van der Waals surface area (Å²) < 4.78 is 0.450. The molecule has 1 aliphatic heterocycles. The molecule has 3 nitrogen and oxygen atoms in total. The van der Waals surface area contributed by atoms with Crippen LogP contribution in [0.15, 0.2) is 41.3 Å². The van der Waals surface area contributed by atoms with Gasteiger partial charge < -0.3 is 5.11 Å². The van der Waals surface area contributed by atoms with Gasteiger partial charge in [0, 0.05) is 5.56 Å². The van der Waals surface area contributed by atoms with Crippen molar-refractivity contribution in [2.75, 3.05) is 0 Å². The van der Waals surface area contributed by atoms with Crippen molar-refractivity contribution in [3.63, 3.8) is 0 Å². The van der Waals surface area contributed by atoms with Crippen LogP contribution in [0.1, 0.15) is 11.1 Å². The van der Waals surface area contributed by atoms with E-state index in [0.717, 1.165) is 17.3 Å². The maximum absolute atomic E-state index is 12.7. The standard InChI is InChI=1S/C17H10Cl3NO2S2/c18-11-7-12(19)15(22)14(20)10(11)6-13-16(23)21(17(24)25-13)8-9-4-2-1-3-5-9/h1-7,22H,8H2/b13-6-. The van der Waals surface area contributed by atoms with Gasteiger partial charge in [-0.15, -0.1) is 0 Å². The van der Waals surface area contributed by atoms with Gasteiger partial charge in [0.2, 0.25) is 0 Å². The van der Waals surface area contributed by atoms with Gasteiger partial charge in [0.05, 0.1) is 26.5 Å². The number of hydrogen-bond donors (Lipinski definition) is 1. The molecule has 1 aliphatic rings. The zero-order valence-corrected chi connectivity index (χ0v) is 16.4. The van der Waals surface area contributed by atoms with Gasteiger partial charge in [0.15, 0.2) is 5.75 Å². The highest BCUT2D eigenvalue weighted by molar-refractivity contribution is 8.26. The molecular weight excluding hydrogens is 421 g/mol. The highest BCUT2D eigenvalue weighted by Crippen LogP contribution is 2.42. The van der Waals surface area contributed by atoms with E-state index in [1.807, 2.05) is 30.3 Å². The number of carbonyl (C=O) groups excluding carboxylic acids is 1. The number of phenols is 1. The number of rotatable bonds is 3. The van der Waals surface area contributed by atoms with E-state index in [1.54, 1.807) is 0 Å². The van der Waals surface area contributed by atoms with E-state index in [9.17, 15) is 9.90 Å². The summed E-state index contributed by atoms with van der Waals surface area (Å²) in [4.78, 5) is 14.6. The number of nitrogens with zero attached hydrogens (tertiary/aromatic N) is 1. The summed E-state index contributed by atoms with van der Waals surface area (Å²) >= 11 is 24.6. The van der Waals surface area contributed by atoms with E-state index in [-0.39, 0.29) is 26.7 Å². The normalized spacial score (nSPS) is 16.1. The third kappa shape index (κ3) is 3.81. The Hall–Kier alpha value is -1.24. The van der Waals surface area contributed by atoms with Gasteiger partial charge >= 0.3 is 0 Å². The average molecular weight is 431 g/mol. The Morgan fingerprint density at radius 3 is 2.52 bits per heavy atom. The van der Waals surface area contributed by atoms with Gasteiger partial charge in [-0.05, 0) is 17.7 Å². The Kier molecular flexibility index (Phi) is 5.61. The van der Waals surface area contributed by atoms with Crippen LogP contribution in [0.2, 0.25) is 15.1 Å². The minimum absolute atomic E-state index is 0.00849. The Morgan fingerprint density at radius 1 is 1.16 bits per heavy atom. The van der Waals surface area contributed by atoms with Crippen molar-refractivity contribution in [1.82, 2.24) is 4.90 Å². The molecule has 0 radical (unpaired) electrons. The van der Waals surface area contributed by atoms with Crippen LogP contribution in [0.4, 0.5) is 0 Å². The molecule has 128 valence electrons. The fourth-order valence-corrected chi connectivity index (χ4v) is 4.37. The predicted octanol–water partition coefficient (Wildman–Crippen LogP) is 5.75. The van der Waals surface area contributed by atoms with Gasteiger partial charge in [-0.2, -0.15) is 0 Å². The van der Waals surface area contributed by atoms with Crippen LogP contribution in [0.5, 0.6) is 5.75 Å². The lowest BCUT2D eigenvalue weighted by atomic mass is 10.2.